The van der Waals surface area contributed by atoms with Crippen molar-refractivity contribution in [2.75, 3.05) is 25.1 Å². The van der Waals surface area contributed by atoms with Gasteiger partial charge in [-0.25, -0.2) is 9.78 Å². The highest BCUT2D eigenvalue weighted by Gasteiger charge is 2.24. The highest BCUT2D eigenvalue weighted by atomic mass is 79.9. The number of ether oxygens (including phenoxy) is 2. The number of nitrogens with one attached hydrogen (secondary N) is 2. The lowest BCUT2D eigenvalue weighted by molar-refractivity contribution is -0.141. The summed E-state index contributed by atoms with van der Waals surface area (Å²) < 4.78 is 11.0. The average molecular weight is 622 g/mol. The van der Waals surface area contributed by atoms with Gasteiger partial charge in [0.2, 0.25) is 11.8 Å². The molecule has 0 radical (unpaired) electrons. The molecule has 40 heavy (non-hydrogen) atoms. The average Bonchev–Trinajstić information content (AvgIpc) is 2.89. The van der Waals surface area contributed by atoms with E-state index in [0.29, 0.717) is 12.2 Å². The minimum absolute atomic E-state index is 0.0554. The largest absolute Gasteiger partial charge is 0.469 e. The summed E-state index contributed by atoms with van der Waals surface area (Å²) >= 11 is 3.38. The monoisotopic (exact) mass is 620 g/mol. The van der Waals surface area contributed by atoms with Gasteiger partial charge in [-0.3, -0.25) is 19.3 Å². The molecular formula is C29H41BrN4O6. The van der Waals surface area contributed by atoms with E-state index in [2.05, 4.69) is 31.5 Å². The maximum atomic E-state index is 12.8. The summed E-state index contributed by atoms with van der Waals surface area (Å²) in [6.07, 6.45) is 1.40. The molecule has 1 heterocycles. The van der Waals surface area contributed by atoms with Crippen molar-refractivity contribution in [2.24, 2.45) is 0 Å². The fourth-order valence-electron chi connectivity index (χ4n) is 3.42. The summed E-state index contributed by atoms with van der Waals surface area (Å²) in [6.45, 7) is 11.2. The van der Waals surface area contributed by atoms with Gasteiger partial charge in [-0.05, 0) is 69.5 Å². The lowest BCUT2D eigenvalue weighted by Crippen LogP contribution is -2.40. The fraction of sp³-hybridized carbons (Fsp3) is 0.483. The molecule has 2 aromatic rings. The molecule has 1 unspecified atom stereocenters. The highest BCUT2D eigenvalue weighted by Crippen LogP contribution is 2.21. The van der Waals surface area contributed by atoms with Gasteiger partial charge in [0.05, 0.1) is 26.1 Å². The number of amides is 3. The molecule has 0 fully saturated rings. The first-order valence-electron chi connectivity index (χ1n) is 13.2. The van der Waals surface area contributed by atoms with Gasteiger partial charge in [-0.1, -0.05) is 41.9 Å². The number of benzene rings is 1. The smallest absolute Gasteiger partial charge is 0.416 e. The summed E-state index contributed by atoms with van der Waals surface area (Å²) in [4.78, 5) is 55.3. The summed E-state index contributed by atoms with van der Waals surface area (Å²) in [5.41, 5.74) is 0.961. The maximum Gasteiger partial charge on any atom is 0.416 e. The molecule has 10 nitrogen and oxygen atoms in total. The van der Waals surface area contributed by atoms with E-state index in [0.717, 1.165) is 15.6 Å². The van der Waals surface area contributed by atoms with Crippen LogP contribution in [0.15, 0.2) is 47.1 Å². The van der Waals surface area contributed by atoms with Crippen molar-refractivity contribution in [2.45, 2.75) is 72.4 Å². The van der Waals surface area contributed by atoms with Crippen molar-refractivity contribution in [3.63, 3.8) is 0 Å². The number of carbonyl (C=O) groups excluding carboxylic acids is 4. The van der Waals surface area contributed by atoms with Crippen LogP contribution >= 0.6 is 15.9 Å². The van der Waals surface area contributed by atoms with Gasteiger partial charge >= 0.3 is 12.1 Å². The molecule has 2 rings (SSSR count). The minimum Gasteiger partial charge on any atom is -0.469 e. The zero-order chi connectivity index (χ0) is 30.3. The van der Waals surface area contributed by atoms with E-state index < -0.39 is 29.6 Å². The molecule has 1 aromatic heterocycles. The first kappa shape index (κ1) is 34.6. The quantitative estimate of drug-likeness (QED) is 0.329. The van der Waals surface area contributed by atoms with Crippen LogP contribution in [-0.4, -0.2) is 54.7 Å². The summed E-state index contributed by atoms with van der Waals surface area (Å²) in [6, 6.07) is 10.2. The van der Waals surface area contributed by atoms with Crippen LogP contribution in [0.25, 0.3) is 0 Å². The first-order valence-corrected chi connectivity index (χ1v) is 14.0. The molecule has 0 aliphatic heterocycles. The van der Waals surface area contributed by atoms with Crippen LogP contribution in [0.5, 0.6) is 0 Å². The number of pyridine rings is 1. The lowest BCUT2D eigenvalue weighted by atomic mass is 10.0. The molecule has 3 amide bonds. The van der Waals surface area contributed by atoms with Crippen molar-refractivity contribution in [1.82, 2.24) is 15.6 Å². The molecule has 0 saturated carbocycles. The minimum atomic E-state index is -0.689. The van der Waals surface area contributed by atoms with Crippen LogP contribution in [0.1, 0.15) is 71.0 Å². The van der Waals surface area contributed by atoms with Gasteiger partial charge in [0.1, 0.15) is 11.4 Å². The molecule has 220 valence electrons. The second kappa shape index (κ2) is 17.3. The van der Waals surface area contributed by atoms with Crippen LogP contribution < -0.4 is 15.5 Å². The molecule has 0 aliphatic rings. The van der Waals surface area contributed by atoms with Crippen molar-refractivity contribution < 1.29 is 28.7 Å². The van der Waals surface area contributed by atoms with Crippen LogP contribution in [0.3, 0.4) is 0 Å². The zero-order valence-corrected chi connectivity index (χ0v) is 26.0. The van der Waals surface area contributed by atoms with Gasteiger partial charge in [0, 0.05) is 23.6 Å². The number of halogens is 1. The lowest BCUT2D eigenvalue weighted by Gasteiger charge is -2.27. The van der Waals surface area contributed by atoms with Crippen molar-refractivity contribution >= 4 is 45.6 Å². The normalized spacial score (nSPS) is 11.3. The van der Waals surface area contributed by atoms with Gasteiger partial charge in [0.15, 0.2) is 0 Å². The molecule has 1 atom stereocenters. The maximum absolute atomic E-state index is 12.8. The predicted octanol–water partition coefficient (Wildman–Crippen LogP) is 5.24. The fourth-order valence-corrected chi connectivity index (χ4v) is 3.84. The van der Waals surface area contributed by atoms with Crippen LogP contribution in [-0.2, 0) is 23.9 Å². The number of aromatic nitrogens is 1. The van der Waals surface area contributed by atoms with E-state index in [1.54, 1.807) is 51.2 Å². The third kappa shape index (κ3) is 13.1. The number of carbonyl (C=O) groups is 4. The van der Waals surface area contributed by atoms with E-state index in [-0.39, 0.29) is 31.8 Å². The Labute approximate surface area is 245 Å². The van der Waals surface area contributed by atoms with Gasteiger partial charge < -0.3 is 20.1 Å². The Bertz CT molecular complexity index is 1140. The zero-order valence-electron chi connectivity index (χ0n) is 24.4. The Hall–Kier alpha value is -3.47. The van der Waals surface area contributed by atoms with Gasteiger partial charge in [-0.2, -0.15) is 0 Å². The molecule has 0 spiro atoms. The van der Waals surface area contributed by atoms with Crippen LogP contribution in [0.4, 0.5) is 10.6 Å². The third-order valence-corrected chi connectivity index (χ3v) is 5.70. The van der Waals surface area contributed by atoms with E-state index >= 15 is 0 Å². The Morgan fingerprint density at radius 1 is 1.07 bits per heavy atom. The topological polar surface area (TPSA) is 127 Å². The van der Waals surface area contributed by atoms with Crippen molar-refractivity contribution in [1.29, 1.82) is 0 Å². The number of nitrogens with zero attached hydrogens (tertiary/aromatic N) is 2. The number of hydrogen-bond donors (Lipinski definition) is 2. The van der Waals surface area contributed by atoms with Gasteiger partial charge in [0.25, 0.3) is 0 Å². The van der Waals surface area contributed by atoms with E-state index in [1.807, 2.05) is 32.9 Å². The molecular weight excluding hydrogens is 580 g/mol. The molecule has 2 N–H and O–H groups in total. The standard InChI is InChI=1S/C27H35BrN4O6.C2H6/c1-18-11-12-29-22(14-18)32(26(36)38-27(2,3)4)13-7-10-23(33)30-17-24(34)31-21(16-25(35)37-5)19-8-6-9-20(28)15-19;1-2/h6,8-9,11-12,14-15,21H,7,10,13,16-17H2,1-5H3,(H,30,33)(H,31,34);1-2H3. The van der Waals surface area contributed by atoms with Crippen molar-refractivity contribution in [3.05, 3.63) is 58.2 Å². The molecule has 0 saturated heterocycles. The predicted molar refractivity (Wildman–Crippen MR) is 158 cm³/mol. The molecule has 11 heteroatoms. The Morgan fingerprint density at radius 3 is 2.38 bits per heavy atom. The number of aryl methyl sites for hydroxylation is 1. The summed E-state index contributed by atoms with van der Waals surface area (Å²) in [5.74, 6) is -0.847. The third-order valence-electron chi connectivity index (χ3n) is 5.21. The van der Waals surface area contributed by atoms with Crippen molar-refractivity contribution in [3.8, 4) is 0 Å². The molecule has 0 aliphatic carbocycles. The number of methoxy groups -OCH3 is 1. The second-order valence-corrected chi connectivity index (χ2v) is 10.6. The Morgan fingerprint density at radius 2 is 1.77 bits per heavy atom. The number of rotatable bonds is 11. The highest BCUT2D eigenvalue weighted by molar-refractivity contribution is 9.10. The molecule has 0 bridgehead atoms. The SMILES string of the molecule is CC.COC(=O)CC(NC(=O)CNC(=O)CCCN(C(=O)OC(C)(C)C)c1cc(C)ccn1)c1cccc(Br)c1. The number of esters is 1. The van der Waals surface area contributed by atoms with Gasteiger partial charge in [-0.15, -0.1) is 0 Å². The van der Waals surface area contributed by atoms with Crippen LogP contribution in [0.2, 0.25) is 0 Å². The first-order chi connectivity index (χ1) is 18.9. The second-order valence-electron chi connectivity index (χ2n) is 9.66. The number of hydrogen-bond acceptors (Lipinski definition) is 7. The van der Waals surface area contributed by atoms with E-state index in [9.17, 15) is 19.2 Å². The van der Waals surface area contributed by atoms with E-state index in [1.165, 1.54) is 12.0 Å². The summed E-state index contributed by atoms with van der Waals surface area (Å²) in [5, 5.41) is 5.35. The Balaban J connectivity index is 0.00000391. The molecule has 1 aromatic carbocycles. The Kier molecular flexibility index (Phi) is 14.9. The summed E-state index contributed by atoms with van der Waals surface area (Å²) in [7, 11) is 1.28. The van der Waals surface area contributed by atoms with E-state index in [4.69, 9.17) is 9.47 Å². The van der Waals surface area contributed by atoms with Crippen LogP contribution in [0, 0.1) is 6.92 Å². The number of anilines is 1.